The Balaban J connectivity index is 1.12. The Bertz CT molecular complexity index is 1840. The number of allylic oxidation sites excluding steroid dienone is 1. The van der Waals surface area contributed by atoms with Gasteiger partial charge >= 0.3 is 5.97 Å². The first-order chi connectivity index (χ1) is 25.2. The van der Waals surface area contributed by atoms with Crippen molar-refractivity contribution in [2.24, 2.45) is 0 Å². The van der Waals surface area contributed by atoms with Crippen molar-refractivity contribution in [3.05, 3.63) is 95.3 Å². The predicted molar refractivity (Wildman–Crippen MR) is 187 cm³/mol. The first kappa shape index (κ1) is 37.1. The minimum Gasteiger partial charge on any atom is -0.497 e. The number of rotatable bonds is 14. The van der Waals surface area contributed by atoms with E-state index in [1.165, 1.54) is 26.4 Å². The van der Waals surface area contributed by atoms with Gasteiger partial charge in [-0.3, -0.25) is 9.69 Å². The number of aliphatic hydroxyl groups excluding tert-OH is 1. The van der Waals surface area contributed by atoms with Crippen LogP contribution in [0.5, 0.6) is 17.2 Å². The minimum absolute atomic E-state index is 0.0536. The maximum absolute atomic E-state index is 13.9. The van der Waals surface area contributed by atoms with Gasteiger partial charge in [0.05, 0.1) is 37.9 Å². The Kier molecular flexibility index (Phi) is 12.0. The molecule has 0 aliphatic carbocycles. The van der Waals surface area contributed by atoms with Crippen LogP contribution in [0.4, 0.5) is 0 Å². The Morgan fingerprint density at radius 3 is 2.35 bits per heavy atom. The van der Waals surface area contributed by atoms with E-state index < -0.39 is 22.3 Å². The van der Waals surface area contributed by atoms with Crippen molar-refractivity contribution in [3.8, 4) is 17.2 Å². The highest BCUT2D eigenvalue weighted by Gasteiger charge is 2.33. The molecule has 2 atom stereocenters. The molecule has 3 heterocycles. The van der Waals surface area contributed by atoms with Crippen molar-refractivity contribution in [2.45, 2.75) is 30.1 Å². The lowest BCUT2D eigenvalue weighted by atomic mass is 9.92. The van der Waals surface area contributed by atoms with E-state index in [1.807, 2.05) is 18.2 Å². The molecule has 6 rings (SSSR count). The number of hydrogen-bond donors (Lipinski definition) is 1. The van der Waals surface area contributed by atoms with Gasteiger partial charge in [0.1, 0.15) is 5.75 Å². The number of carbonyl (C=O) groups excluding carboxylic acids is 2. The van der Waals surface area contributed by atoms with E-state index in [0.717, 1.165) is 26.9 Å². The van der Waals surface area contributed by atoms with Gasteiger partial charge in [-0.15, -0.1) is 0 Å². The summed E-state index contributed by atoms with van der Waals surface area (Å²) in [5, 5.41) is 9.67. The summed E-state index contributed by atoms with van der Waals surface area (Å²) in [6.45, 7) is 2.59. The summed E-state index contributed by atoms with van der Waals surface area (Å²) in [5.74, 6) is 1.10. The summed E-state index contributed by atoms with van der Waals surface area (Å²) in [4.78, 5) is 30.0. The van der Waals surface area contributed by atoms with Gasteiger partial charge in [-0.05, 0) is 65.7 Å². The Morgan fingerprint density at radius 1 is 0.923 bits per heavy atom. The molecule has 3 aliphatic rings. The molecule has 3 aliphatic heterocycles. The molecular formula is C37H43N3O11S. The van der Waals surface area contributed by atoms with Crippen LogP contribution in [0.25, 0.3) is 0 Å². The number of benzene rings is 3. The maximum Gasteiger partial charge on any atom is 0.337 e. The summed E-state index contributed by atoms with van der Waals surface area (Å²) in [6.07, 6.45) is 1.24. The van der Waals surface area contributed by atoms with Gasteiger partial charge in [-0.1, -0.05) is 18.2 Å². The smallest absolute Gasteiger partial charge is 0.337 e. The van der Waals surface area contributed by atoms with Gasteiger partial charge in [-0.2, -0.15) is 4.31 Å². The van der Waals surface area contributed by atoms with Crippen molar-refractivity contribution < 1.29 is 51.5 Å². The summed E-state index contributed by atoms with van der Waals surface area (Å²) in [7, 11) is -1.14. The second-order valence-corrected chi connectivity index (χ2v) is 14.4. The SMILES string of the molecule is COC(=O)c1ccc([C@@H]2C=C(C(=O)N3CCN(Cc4ccc5c(c4)OCO5)CC3)O[C@H](OCCN(CCO)S(=O)(=O)c3ccc(OC)cc3)C2)cc1. The monoisotopic (exact) mass is 737 g/mol. The Labute approximate surface area is 303 Å². The third-order valence-corrected chi connectivity index (χ3v) is 11.1. The third-order valence-electron chi connectivity index (χ3n) is 9.22. The number of fused-ring (bicyclic) bond motifs is 1. The van der Waals surface area contributed by atoms with Crippen LogP contribution in [0.2, 0.25) is 0 Å². The number of methoxy groups -OCH3 is 2. The van der Waals surface area contributed by atoms with Crippen molar-refractivity contribution in [1.82, 2.24) is 14.1 Å². The zero-order valence-electron chi connectivity index (χ0n) is 29.1. The van der Waals surface area contributed by atoms with Crippen molar-refractivity contribution in [3.63, 3.8) is 0 Å². The third kappa shape index (κ3) is 8.68. The lowest BCUT2D eigenvalue weighted by Crippen LogP contribution is -2.49. The van der Waals surface area contributed by atoms with Gasteiger partial charge in [0, 0.05) is 58.2 Å². The molecule has 0 unspecified atom stereocenters. The number of carbonyl (C=O) groups is 2. The minimum atomic E-state index is -3.95. The quantitative estimate of drug-likeness (QED) is 0.242. The highest BCUT2D eigenvalue weighted by molar-refractivity contribution is 7.89. The number of nitrogens with zero attached hydrogens (tertiary/aromatic N) is 3. The molecule has 1 amide bonds. The summed E-state index contributed by atoms with van der Waals surface area (Å²) in [6, 6.07) is 18.8. The largest absolute Gasteiger partial charge is 0.497 e. The van der Waals surface area contributed by atoms with E-state index in [9.17, 15) is 23.1 Å². The summed E-state index contributed by atoms with van der Waals surface area (Å²) >= 11 is 0. The van der Waals surface area contributed by atoms with Gasteiger partial charge in [0.2, 0.25) is 23.1 Å². The van der Waals surface area contributed by atoms with Gasteiger partial charge in [0.15, 0.2) is 17.3 Å². The zero-order chi connectivity index (χ0) is 36.7. The molecular weight excluding hydrogens is 694 g/mol. The average molecular weight is 738 g/mol. The van der Waals surface area contributed by atoms with Crippen LogP contribution in [0.15, 0.2) is 83.5 Å². The molecule has 278 valence electrons. The molecule has 0 bridgehead atoms. The fourth-order valence-corrected chi connectivity index (χ4v) is 7.75. The topological polar surface area (TPSA) is 154 Å². The van der Waals surface area contributed by atoms with Crippen LogP contribution in [-0.4, -0.2) is 119 Å². The van der Waals surface area contributed by atoms with Crippen molar-refractivity contribution in [1.29, 1.82) is 0 Å². The number of esters is 1. The molecule has 14 nitrogen and oxygen atoms in total. The predicted octanol–water partition coefficient (Wildman–Crippen LogP) is 2.97. The molecule has 0 saturated carbocycles. The van der Waals surface area contributed by atoms with Crippen LogP contribution < -0.4 is 14.2 Å². The van der Waals surface area contributed by atoms with Gasteiger partial charge in [0.25, 0.3) is 5.91 Å². The first-order valence-corrected chi connectivity index (χ1v) is 18.5. The number of amides is 1. The van der Waals surface area contributed by atoms with E-state index in [-0.39, 0.29) is 55.6 Å². The Morgan fingerprint density at radius 2 is 1.65 bits per heavy atom. The highest BCUT2D eigenvalue weighted by atomic mass is 32.2. The summed E-state index contributed by atoms with van der Waals surface area (Å²) < 4.78 is 61.1. The lowest BCUT2D eigenvalue weighted by molar-refractivity contribution is -0.154. The standard InChI is InChI=1S/C37H43N3O11S/c1-46-30-8-10-31(11-9-30)52(44,45)40(17-19-41)18-20-48-35-23-29(27-4-6-28(7-5-27)37(43)47-2)22-34(51-35)36(42)39-15-13-38(14-16-39)24-26-3-12-32-33(21-26)50-25-49-32/h3-12,21-22,29,35,41H,13-20,23-25H2,1-2H3/t29-,35+/m1/s1. The van der Waals surface area contributed by atoms with Crippen LogP contribution in [0, 0.1) is 0 Å². The highest BCUT2D eigenvalue weighted by Crippen LogP contribution is 2.34. The second-order valence-electron chi connectivity index (χ2n) is 12.5. The lowest BCUT2D eigenvalue weighted by Gasteiger charge is -2.37. The zero-order valence-corrected chi connectivity index (χ0v) is 30.0. The van der Waals surface area contributed by atoms with E-state index in [2.05, 4.69) is 4.90 Å². The molecule has 3 aromatic rings. The van der Waals surface area contributed by atoms with Crippen molar-refractivity contribution >= 4 is 21.9 Å². The molecule has 0 radical (unpaired) electrons. The molecule has 15 heteroatoms. The molecule has 1 saturated heterocycles. The maximum atomic E-state index is 13.9. The van der Waals surface area contributed by atoms with Crippen molar-refractivity contribution in [2.75, 3.05) is 73.5 Å². The number of sulfonamides is 1. The van der Waals surface area contributed by atoms with E-state index in [1.54, 1.807) is 47.4 Å². The van der Waals surface area contributed by atoms with Crippen LogP contribution in [-0.2, 0) is 35.6 Å². The molecule has 52 heavy (non-hydrogen) atoms. The molecule has 0 aromatic heterocycles. The van der Waals surface area contributed by atoms with Crippen LogP contribution >= 0.6 is 0 Å². The second kappa shape index (κ2) is 16.8. The summed E-state index contributed by atoms with van der Waals surface area (Å²) in [5.41, 5.74) is 2.33. The molecule has 1 N–H and O–H groups in total. The van der Waals surface area contributed by atoms with E-state index in [0.29, 0.717) is 50.5 Å². The molecule has 0 spiro atoms. The Hall–Kier alpha value is -4.67. The van der Waals surface area contributed by atoms with Gasteiger partial charge in [-0.25, -0.2) is 13.2 Å². The van der Waals surface area contributed by atoms with E-state index >= 15 is 0 Å². The van der Waals surface area contributed by atoms with E-state index in [4.69, 9.17) is 28.4 Å². The normalized spacial score (nSPS) is 18.8. The van der Waals surface area contributed by atoms with Crippen LogP contribution in [0.3, 0.4) is 0 Å². The molecule has 3 aromatic carbocycles. The first-order valence-electron chi connectivity index (χ1n) is 17.0. The number of aliphatic hydroxyl groups is 1. The number of ether oxygens (including phenoxy) is 6. The number of piperazine rings is 1. The number of hydrogen-bond acceptors (Lipinski definition) is 12. The van der Waals surface area contributed by atoms with Crippen LogP contribution in [0.1, 0.15) is 33.8 Å². The fourth-order valence-electron chi connectivity index (χ4n) is 6.34. The van der Waals surface area contributed by atoms with Gasteiger partial charge < -0.3 is 38.4 Å². The molecule has 1 fully saturated rings. The fraction of sp³-hybridized carbons (Fsp3) is 0.405. The average Bonchev–Trinajstić information content (AvgIpc) is 3.65.